The fraction of sp³-hybridized carbons (Fsp3) is 0.556. The summed E-state index contributed by atoms with van der Waals surface area (Å²) in [7, 11) is 0. The fourth-order valence-electron chi connectivity index (χ4n) is 4.05. The van der Waals surface area contributed by atoms with Crippen molar-refractivity contribution in [1.82, 2.24) is 0 Å². The molecular weight excluding hydrogens is 264 g/mol. The molecule has 1 aromatic carbocycles. The molecule has 0 spiro atoms. The third-order valence-corrected chi connectivity index (χ3v) is 5.15. The Bertz CT molecular complexity index is 568. The zero-order chi connectivity index (χ0) is 14.9. The van der Waals surface area contributed by atoms with Gasteiger partial charge in [0.05, 0.1) is 6.42 Å². The van der Waals surface area contributed by atoms with E-state index in [9.17, 15) is 9.59 Å². The predicted molar refractivity (Wildman–Crippen MR) is 80.6 cm³/mol. The maximum atomic E-state index is 12.6. The second-order valence-corrected chi connectivity index (χ2v) is 6.71. The number of carbonyl (C=O) groups is 2. The van der Waals surface area contributed by atoms with Gasteiger partial charge in [-0.25, -0.2) is 0 Å². The van der Waals surface area contributed by atoms with Crippen LogP contribution in [0.15, 0.2) is 18.2 Å². The van der Waals surface area contributed by atoms with E-state index < -0.39 is 5.97 Å². The number of aliphatic carboxylic acids is 1. The molecule has 1 saturated carbocycles. The maximum Gasteiger partial charge on any atom is 0.303 e. The lowest BCUT2D eigenvalue weighted by Gasteiger charge is -2.26. The van der Waals surface area contributed by atoms with Gasteiger partial charge in [0.15, 0.2) is 5.78 Å². The van der Waals surface area contributed by atoms with Gasteiger partial charge < -0.3 is 5.11 Å². The molecule has 2 aliphatic rings. The quantitative estimate of drug-likeness (QED) is 0.838. The highest BCUT2D eigenvalue weighted by Crippen LogP contribution is 2.44. The fourth-order valence-corrected chi connectivity index (χ4v) is 4.05. The summed E-state index contributed by atoms with van der Waals surface area (Å²) in [6, 6.07) is 6.04. The van der Waals surface area contributed by atoms with Gasteiger partial charge in [0, 0.05) is 12.0 Å². The minimum atomic E-state index is -0.779. The van der Waals surface area contributed by atoms with Crippen molar-refractivity contribution >= 4 is 11.8 Å². The Labute approximate surface area is 125 Å². The molecular formula is C18H22O3. The number of Topliss-reactive ketones (excluding diaryl/α,β-unsaturated/α-hetero) is 1. The lowest BCUT2D eigenvalue weighted by molar-refractivity contribution is -0.139. The van der Waals surface area contributed by atoms with E-state index in [4.69, 9.17) is 5.11 Å². The van der Waals surface area contributed by atoms with Crippen LogP contribution in [0.2, 0.25) is 0 Å². The van der Waals surface area contributed by atoms with Crippen LogP contribution in [0.4, 0.5) is 0 Å². The van der Waals surface area contributed by atoms with E-state index in [0.717, 1.165) is 44.1 Å². The second-order valence-electron chi connectivity index (χ2n) is 6.71. The van der Waals surface area contributed by atoms with Crippen molar-refractivity contribution in [3.63, 3.8) is 0 Å². The lowest BCUT2D eigenvalue weighted by Crippen LogP contribution is -2.24. The highest BCUT2D eigenvalue weighted by Gasteiger charge is 2.38. The highest BCUT2D eigenvalue weighted by molar-refractivity contribution is 5.97. The summed E-state index contributed by atoms with van der Waals surface area (Å²) >= 11 is 0. The van der Waals surface area contributed by atoms with E-state index >= 15 is 0 Å². The van der Waals surface area contributed by atoms with Crippen LogP contribution >= 0.6 is 0 Å². The Hall–Kier alpha value is -1.64. The predicted octanol–water partition coefficient (Wildman–Crippen LogP) is 3.78. The van der Waals surface area contributed by atoms with E-state index in [2.05, 4.69) is 6.07 Å². The number of ketones is 1. The number of fused-ring (bicyclic) bond motifs is 1. The van der Waals surface area contributed by atoms with Crippen LogP contribution in [0.1, 0.15) is 66.4 Å². The zero-order valence-electron chi connectivity index (χ0n) is 12.4. The first kappa shape index (κ1) is 14.3. The largest absolute Gasteiger partial charge is 0.481 e. The molecule has 21 heavy (non-hydrogen) atoms. The van der Waals surface area contributed by atoms with Crippen molar-refractivity contribution in [3.8, 4) is 0 Å². The summed E-state index contributed by atoms with van der Waals surface area (Å²) < 4.78 is 0. The molecule has 0 aromatic heterocycles. The molecule has 0 radical (unpaired) electrons. The van der Waals surface area contributed by atoms with Crippen LogP contribution in [0.3, 0.4) is 0 Å². The number of aryl methyl sites for hydroxylation is 2. The van der Waals surface area contributed by atoms with Gasteiger partial charge in [-0.1, -0.05) is 25.0 Å². The third kappa shape index (κ3) is 3.02. The molecule has 112 valence electrons. The summed E-state index contributed by atoms with van der Waals surface area (Å²) in [5.41, 5.74) is 3.14. The van der Waals surface area contributed by atoms with Crippen molar-refractivity contribution in [3.05, 3.63) is 34.9 Å². The van der Waals surface area contributed by atoms with Gasteiger partial charge in [-0.05, 0) is 54.7 Å². The summed E-state index contributed by atoms with van der Waals surface area (Å²) in [4.78, 5) is 23.7. The molecule has 0 saturated heterocycles. The van der Waals surface area contributed by atoms with Crippen LogP contribution in [-0.2, 0) is 17.6 Å². The summed E-state index contributed by atoms with van der Waals surface area (Å²) in [6.07, 6.45) is 7.71. The van der Waals surface area contributed by atoms with E-state index in [1.54, 1.807) is 0 Å². The molecule has 0 amide bonds. The van der Waals surface area contributed by atoms with Gasteiger partial charge in [-0.2, -0.15) is 0 Å². The van der Waals surface area contributed by atoms with Crippen LogP contribution in [0.25, 0.3) is 0 Å². The van der Waals surface area contributed by atoms with Crippen molar-refractivity contribution in [2.75, 3.05) is 0 Å². The molecule has 3 nitrogen and oxygen atoms in total. The topological polar surface area (TPSA) is 54.4 Å². The van der Waals surface area contributed by atoms with Crippen LogP contribution in [0.5, 0.6) is 0 Å². The molecule has 1 aromatic rings. The lowest BCUT2D eigenvalue weighted by atomic mass is 9.77. The average molecular weight is 286 g/mol. The first-order valence-corrected chi connectivity index (χ1v) is 7.95. The van der Waals surface area contributed by atoms with E-state index in [1.165, 1.54) is 17.5 Å². The number of hydrogen-bond acceptors (Lipinski definition) is 2. The van der Waals surface area contributed by atoms with Crippen molar-refractivity contribution in [1.29, 1.82) is 0 Å². The molecule has 0 heterocycles. The summed E-state index contributed by atoms with van der Waals surface area (Å²) in [6.45, 7) is 0. The van der Waals surface area contributed by atoms with Crippen LogP contribution < -0.4 is 0 Å². The average Bonchev–Trinajstić information content (AvgIpc) is 3.06. The highest BCUT2D eigenvalue weighted by atomic mass is 16.4. The Kier molecular flexibility index (Phi) is 3.83. The number of carboxylic acid groups (broad SMARTS) is 1. The zero-order valence-corrected chi connectivity index (χ0v) is 12.4. The molecule has 0 aliphatic heterocycles. The molecule has 0 atom stereocenters. The number of carbonyl (C=O) groups excluding carboxylic acids is 1. The molecule has 1 fully saturated rings. The molecule has 0 bridgehead atoms. The normalized spacial score (nSPS) is 19.4. The third-order valence-electron chi connectivity index (χ3n) is 5.15. The summed E-state index contributed by atoms with van der Waals surface area (Å²) in [5.74, 6) is -0.661. The van der Waals surface area contributed by atoms with E-state index in [0.29, 0.717) is 6.42 Å². The monoisotopic (exact) mass is 286 g/mol. The molecule has 2 aliphatic carbocycles. The molecule has 1 N–H and O–H groups in total. The number of hydrogen-bond donors (Lipinski definition) is 1. The minimum Gasteiger partial charge on any atom is -0.481 e. The Morgan fingerprint density at radius 2 is 1.71 bits per heavy atom. The van der Waals surface area contributed by atoms with E-state index in [1.807, 2.05) is 12.1 Å². The Morgan fingerprint density at radius 3 is 2.43 bits per heavy atom. The Morgan fingerprint density at radius 1 is 1.00 bits per heavy atom. The Balaban J connectivity index is 1.77. The molecule has 0 unspecified atom stereocenters. The van der Waals surface area contributed by atoms with Crippen molar-refractivity contribution in [2.24, 2.45) is 5.41 Å². The summed E-state index contributed by atoms with van der Waals surface area (Å²) in [5, 5.41) is 9.14. The smallest absolute Gasteiger partial charge is 0.303 e. The SMILES string of the molecule is O=C(O)CC1(CC(=O)c2ccc3c(c2)CCC3)CCCC1. The maximum absolute atomic E-state index is 12.6. The number of rotatable bonds is 5. The van der Waals surface area contributed by atoms with Gasteiger partial charge in [-0.3, -0.25) is 9.59 Å². The first-order chi connectivity index (χ1) is 10.1. The number of benzene rings is 1. The van der Waals surface area contributed by atoms with Crippen molar-refractivity contribution < 1.29 is 14.7 Å². The van der Waals surface area contributed by atoms with Crippen LogP contribution in [-0.4, -0.2) is 16.9 Å². The van der Waals surface area contributed by atoms with Gasteiger partial charge in [0.2, 0.25) is 0 Å². The van der Waals surface area contributed by atoms with Crippen molar-refractivity contribution in [2.45, 2.75) is 57.8 Å². The van der Waals surface area contributed by atoms with Gasteiger partial charge in [0.25, 0.3) is 0 Å². The number of carboxylic acids is 1. The second kappa shape index (κ2) is 5.63. The first-order valence-electron chi connectivity index (χ1n) is 7.95. The van der Waals surface area contributed by atoms with Gasteiger partial charge >= 0.3 is 5.97 Å². The van der Waals surface area contributed by atoms with Crippen LogP contribution in [0, 0.1) is 5.41 Å². The van der Waals surface area contributed by atoms with Gasteiger partial charge in [-0.15, -0.1) is 0 Å². The van der Waals surface area contributed by atoms with Gasteiger partial charge in [0.1, 0.15) is 0 Å². The molecule has 3 rings (SSSR count). The molecule has 3 heteroatoms. The van der Waals surface area contributed by atoms with E-state index in [-0.39, 0.29) is 17.6 Å². The minimum absolute atomic E-state index is 0.118. The standard InChI is InChI=1S/C18H22O3/c19-16(11-18(12-17(20)21)8-1-2-9-18)15-7-6-13-4-3-5-14(13)10-15/h6-7,10H,1-5,8-9,11-12H2,(H,20,21).